The molecule has 0 radical (unpaired) electrons. The first-order chi connectivity index (χ1) is 10.2. The quantitative estimate of drug-likeness (QED) is 0.813. The second kappa shape index (κ2) is 5.97. The summed E-state index contributed by atoms with van der Waals surface area (Å²) in [5, 5.41) is 0. The van der Waals surface area contributed by atoms with Crippen molar-refractivity contribution in [1.82, 2.24) is 14.9 Å². The molecule has 0 saturated carbocycles. The van der Waals surface area contributed by atoms with Crippen LogP contribution in [0.15, 0.2) is 6.33 Å². The maximum atomic E-state index is 12.5. The van der Waals surface area contributed by atoms with Crippen LogP contribution in [0.25, 0.3) is 0 Å². The Balaban J connectivity index is 1.75. The lowest BCUT2D eigenvalue weighted by Crippen LogP contribution is -2.44. The smallest absolute Gasteiger partial charge is 0.252 e. The first-order valence-corrected chi connectivity index (χ1v) is 7.57. The van der Waals surface area contributed by atoms with E-state index in [-0.39, 0.29) is 12.0 Å². The Bertz CT molecular complexity index is 526. The van der Waals surface area contributed by atoms with Gasteiger partial charge in [0.25, 0.3) is 5.91 Å². The van der Waals surface area contributed by atoms with E-state index in [2.05, 4.69) is 9.97 Å². The lowest BCUT2D eigenvalue weighted by molar-refractivity contribution is -0.147. The average molecular weight is 290 g/mol. The summed E-state index contributed by atoms with van der Waals surface area (Å²) >= 11 is 0. The van der Waals surface area contributed by atoms with E-state index in [4.69, 9.17) is 4.74 Å². The molecule has 1 amide bonds. The largest absolute Gasteiger partial charge is 0.368 e. The first kappa shape index (κ1) is 14.3. The van der Waals surface area contributed by atoms with Crippen LogP contribution in [0.2, 0.25) is 0 Å². The topological polar surface area (TPSA) is 58.6 Å². The van der Waals surface area contributed by atoms with Gasteiger partial charge in [-0.3, -0.25) is 4.79 Å². The van der Waals surface area contributed by atoms with Crippen LogP contribution in [0.3, 0.4) is 0 Å². The molecule has 6 nitrogen and oxygen atoms in total. The molecular weight excluding hydrogens is 268 g/mol. The molecule has 1 atom stereocenters. The summed E-state index contributed by atoms with van der Waals surface area (Å²) in [6.07, 6.45) is 5.12. The van der Waals surface area contributed by atoms with Gasteiger partial charge in [-0.15, -0.1) is 0 Å². The van der Waals surface area contributed by atoms with Crippen LogP contribution in [0.5, 0.6) is 0 Å². The van der Waals surface area contributed by atoms with Gasteiger partial charge >= 0.3 is 0 Å². The van der Waals surface area contributed by atoms with E-state index in [1.54, 1.807) is 6.33 Å². The van der Waals surface area contributed by atoms with Crippen molar-refractivity contribution in [2.45, 2.75) is 38.3 Å². The Hall–Kier alpha value is -1.69. The van der Waals surface area contributed by atoms with Crippen molar-refractivity contribution < 1.29 is 9.53 Å². The number of ether oxygens (including phenoxy) is 1. The van der Waals surface area contributed by atoms with Crippen molar-refractivity contribution in [1.29, 1.82) is 0 Å². The fourth-order valence-electron chi connectivity index (χ4n) is 3.05. The molecule has 0 N–H and O–H groups in total. The van der Waals surface area contributed by atoms with Crippen LogP contribution in [-0.4, -0.2) is 54.1 Å². The number of aromatic nitrogens is 2. The molecule has 0 aliphatic carbocycles. The molecule has 0 aromatic carbocycles. The SMILES string of the molecule is CN(C)c1ncnc2c1CCN(C(=O)[C@@H]1CCCCO1)C2. The summed E-state index contributed by atoms with van der Waals surface area (Å²) in [5.41, 5.74) is 2.13. The highest BCUT2D eigenvalue weighted by molar-refractivity contribution is 5.81. The van der Waals surface area contributed by atoms with Crippen LogP contribution >= 0.6 is 0 Å². The van der Waals surface area contributed by atoms with Crippen LogP contribution in [-0.2, 0) is 22.5 Å². The van der Waals surface area contributed by atoms with Gasteiger partial charge in [-0.05, 0) is 25.7 Å². The van der Waals surface area contributed by atoms with Gasteiger partial charge in [-0.2, -0.15) is 0 Å². The highest BCUT2D eigenvalue weighted by Gasteiger charge is 2.30. The van der Waals surface area contributed by atoms with Crippen molar-refractivity contribution in [2.75, 3.05) is 32.1 Å². The maximum Gasteiger partial charge on any atom is 0.252 e. The van der Waals surface area contributed by atoms with Crippen LogP contribution in [0.4, 0.5) is 5.82 Å². The number of carbonyl (C=O) groups excluding carboxylic acids is 1. The number of carbonyl (C=O) groups is 1. The number of hydrogen-bond acceptors (Lipinski definition) is 5. The number of hydrogen-bond donors (Lipinski definition) is 0. The third-order valence-corrected chi connectivity index (χ3v) is 4.17. The van der Waals surface area contributed by atoms with Crippen LogP contribution in [0, 0.1) is 0 Å². The van der Waals surface area contributed by atoms with Crippen molar-refractivity contribution in [3.8, 4) is 0 Å². The fourth-order valence-corrected chi connectivity index (χ4v) is 3.05. The van der Waals surface area contributed by atoms with E-state index in [9.17, 15) is 4.79 Å². The van der Waals surface area contributed by atoms with Gasteiger partial charge in [-0.1, -0.05) is 0 Å². The average Bonchev–Trinajstić information content (AvgIpc) is 2.53. The Morgan fingerprint density at radius 3 is 2.95 bits per heavy atom. The van der Waals surface area contributed by atoms with Gasteiger partial charge in [0, 0.05) is 32.8 Å². The normalized spacial score (nSPS) is 21.8. The Morgan fingerprint density at radius 2 is 2.24 bits per heavy atom. The third-order valence-electron chi connectivity index (χ3n) is 4.17. The molecule has 0 unspecified atom stereocenters. The summed E-state index contributed by atoms with van der Waals surface area (Å²) < 4.78 is 5.61. The molecule has 3 heterocycles. The van der Waals surface area contributed by atoms with E-state index < -0.39 is 0 Å². The Kier molecular flexibility index (Phi) is 4.05. The monoisotopic (exact) mass is 290 g/mol. The van der Waals surface area contributed by atoms with E-state index in [1.165, 1.54) is 0 Å². The molecule has 0 bridgehead atoms. The number of anilines is 1. The summed E-state index contributed by atoms with van der Waals surface area (Å²) in [4.78, 5) is 25.1. The van der Waals surface area contributed by atoms with Crippen molar-refractivity contribution in [2.24, 2.45) is 0 Å². The van der Waals surface area contributed by atoms with Gasteiger partial charge in [0.15, 0.2) is 0 Å². The summed E-state index contributed by atoms with van der Waals surface area (Å²) in [7, 11) is 3.96. The minimum atomic E-state index is -0.254. The molecule has 3 rings (SSSR count). The highest BCUT2D eigenvalue weighted by atomic mass is 16.5. The fraction of sp³-hybridized carbons (Fsp3) is 0.667. The van der Waals surface area contributed by atoms with Crippen molar-refractivity contribution in [3.63, 3.8) is 0 Å². The molecule has 6 heteroatoms. The van der Waals surface area contributed by atoms with Crippen LogP contribution < -0.4 is 4.90 Å². The Morgan fingerprint density at radius 1 is 1.38 bits per heavy atom. The van der Waals surface area contributed by atoms with Gasteiger partial charge in [-0.25, -0.2) is 9.97 Å². The molecule has 1 fully saturated rings. The van der Waals surface area contributed by atoms with Gasteiger partial charge < -0.3 is 14.5 Å². The molecule has 2 aliphatic heterocycles. The van der Waals surface area contributed by atoms with Gasteiger partial charge in [0.2, 0.25) is 0 Å². The number of nitrogens with zero attached hydrogens (tertiary/aromatic N) is 4. The first-order valence-electron chi connectivity index (χ1n) is 7.57. The third kappa shape index (κ3) is 2.85. The Labute approximate surface area is 125 Å². The predicted octanol–water partition coefficient (Wildman–Crippen LogP) is 0.996. The minimum absolute atomic E-state index is 0.116. The second-order valence-corrected chi connectivity index (χ2v) is 5.88. The zero-order valence-electron chi connectivity index (χ0n) is 12.7. The summed E-state index contributed by atoms with van der Waals surface area (Å²) in [5.74, 6) is 1.08. The summed E-state index contributed by atoms with van der Waals surface area (Å²) in [6, 6.07) is 0. The predicted molar refractivity (Wildman–Crippen MR) is 79.1 cm³/mol. The maximum absolute atomic E-state index is 12.5. The van der Waals surface area contributed by atoms with Crippen molar-refractivity contribution in [3.05, 3.63) is 17.6 Å². The summed E-state index contributed by atoms with van der Waals surface area (Å²) in [6.45, 7) is 1.99. The lowest BCUT2D eigenvalue weighted by atomic mass is 10.0. The molecule has 1 aromatic heterocycles. The molecule has 0 spiro atoms. The molecule has 1 saturated heterocycles. The lowest BCUT2D eigenvalue weighted by Gasteiger charge is -2.33. The van der Waals surface area contributed by atoms with Crippen molar-refractivity contribution >= 4 is 11.7 Å². The standard InChI is InChI=1S/C15H22N4O2/c1-18(2)14-11-6-7-19(9-12(11)16-10-17-14)15(20)13-5-3-4-8-21-13/h10,13H,3-9H2,1-2H3/t13-/m0/s1. The molecule has 21 heavy (non-hydrogen) atoms. The minimum Gasteiger partial charge on any atom is -0.368 e. The zero-order chi connectivity index (χ0) is 14.8. The van der Waals surface area contributed by atoms with Gasteiger partial charge in [0.05, 0.1) is 12.2 Å². The molecular formula is C15H22N4O2. The highest BCUT2D eigenvalue weighted by Crippen LogP contribution is 2.25. The number of fused-ring (bicyclic) bond motifs is 1. The zero-order valence-corrected chi connectivity index (χ0v) is 12.7. The number of amides is 1. The molecule has 1 aromatic rings. The van der Waals surface area contributed by atoms with E-state index in [1.807, 2.05) is 23.9 Å². The van der Waals surface area contributed by atoms with E-state index in [0.717, 1.165) is 49.3 Å². The van der Waals surface area contributed by atoms with Gasteiger partial charge in [0.1, 0.15) is 18.2 Å². The van der Waals surface area contributed by atoms with E-state index in [0.29, 0.717) is 13.2 Å². The molecule has 114 valence electrons. The number of rotatable bonds is 2. The molecule has 2 aliphatic rings. The van der Waals surface area contributed by atoms with Crippen LogP contribution in [0.1, 0.15) is 30.5 Å². The second-order valence-electron chi connectivity index (χ2n) is 5.88. The van der Waals surface area contributed by atoms with E-state index >= 15 is 0 Å².